The fraction of sp³-hybridized carbons (Fsp3) is 0.417. The van der Waals surface area contributed by atoms with Gasteiger partial charge in [0.05, 0.1) is 0 Å². The van der Waals surface area contributed by atoms with Gasteiger partial charge in [-0.3, -0.25) is 9.59 Å². The minimum absolute atomic E-state index is 0.00956. The lowest BCUT2D eigenvalue weighted by atomic mass is 10.1. The van der Waals surface area contributed by atoms with E-state index in [9.17, 15) is 14.0 Å². The second-order valence-corrected chi connectivity index (χ2v) is 7.66. The van der Waals surface area contributed by atoms with Crippen LogP contribution in [0.3, 0.4) is 0 Å². The molecule has 4 nitrogen and oxygen atoms in total. The van der Waals surface area contributed by atoms with E-state index >= 15 is 0 Å². The molecule has 154 valence electrons. The first kappa shape index (κ1) is 21.0. The standard InChI is InChI=1S/C24H29FN2O2/c1-19(28)27-16-9-5-3-2-4-8-15-26(18-21-11-6-7-14-23(21)27)24(29)20-12-10-13-22(25)17-20/h6-7,10-14,17H,2-5,8-9,15-16,18H2,1H3. The zero-order valence-corrected chi connectivity index (χ0v) is 17.1. The van der Waals surface area contributed by atoms with Crippen LogP contribution in [0.2, 0.25) is 0 Å². The highest BCUT2D eigenvalue weighted by atomic mass is 19.1. The molecule has 0 atom stereocenters. The van der Waals surface area contributed by atoms with Crippen LogP contribution in [0, 0.1) is 5.82 Å². The molecule has 0 saturated carbocycles. The second-order valence-electron chi connectivity index (χ2n) is 7.66. The topological polar surface area (TPSA) is 40.6 Å². The number of fused-ring (bicyclic) bond motifs is 1. The fourth-order valence-electron chi connectivity index (χ4n) is 3.90. The fourth-order valence-corrected chi connectivity index (χ4v) is 3.90. The molecule has 0 bridgehead atoms. The van der Waals surface area contributed by atoms with Gasteiger partial charge in [0, 0.05) is 37.8 Å². The lowest BCUT2D eigenvalue weighted by Gasteiger charge is -2.28. The zero-order valence-electron chi connectivity index (χ0n) is 17.1. The minimum atomic E-state index is -0.412. The first-order valence-electron chi connectivity index (χ1n) is 10.5. The second kappa shape index (κ2) is 10.2. The molecule has 0 unspecified atom stereocenters. The van der Waals surface area contributed by atoms with Gasteiger partial charge in [-0.25, -0.2) is 4.39 Å². The molecule has 0 radical (unpaired) electrons. The first-order valence-corrected chi connectivity index (χ1v) is 10.5. The summed E-state index contributed by atoms with van der Waals surface area (Å²) < 4.78 is 13.7. The van der Waals surface area contributed by atoms with Gasteiger partial charge in [0.15, 0.2) is 0 Å². The van der Waals surface area contributed by atoms with Gasteiger partial charge < -0.3 is 9.80 Å². The molecule has 0 N–H and O–H groups in total. The maximum Gasteiger partial charge on any atom is 0.254 e. The summed E-state index contributed by atoms with van der Waals surface area (Å²) in [6, 6.07) is 13.6. The van der Waals surface area contributed by atoms with E-state index in [0.717, 1.165) is 49.8 Å². The number of amides is 2. The van der Waals surface area contributed by atoms with Crippen molar-refractivity contribution in [2.24, 2.45) is 0 Å². The molecule has 2 aromatic rings. The first-order chi connectivity index (χ1) is 14.1. The van der Waals surface area contributed by atoms with Crippen LogP contribution in [0.5, 0.6) is 0 Å². The van der Waals surface area contributed by atoms with Crippen molar-refractivity contribution in [2.75, 3.05) is 18.0 Å². The molecule has 1 heterocycles. The monoisotopic (exact) mass is 396 g/mol. The summed E-state index contributed by atoms with van der Waals surface area (Å²) in [5.41, 5.74) is 2.15. The Morgan fingerprint density at radius 3 is 2.28 bits per heavy atom. The molecular weight excluding hydrogens is 367 g/mol. The van der Waals surface area contributed by atoms with Gasteiger partial charge in [-0.15, -0.1) is 0 Å². The lowest BCUT2D eigenvalue weighted by molar-refractivity contribution is -0.116. The van der Waals surface area contributed by atoms with Crippen LogP contribution in [-0.4, -0.2) is 29.8 Å². The zero-order chi connectivity index (χ0) is 20.6. The highest BCUT2D eigenvalue weighted by Crippen LogP contribution is 2.25. The van der Waals surface area contributed by atoms with Crippen molar-refractivity contribution in [1.82, 2.24) is 4.90 Å². The van der Waals surface area contributed by atoms with E-state index in [4.69, 9.17) is 0 Å². The Morgan fingerprint density at radius 1 is 0.862 bits per heavy atom. The number of nitrogens with zero attached hydrogens (tertiary/aromatic N) is 2. The molecular formula is C24H29FN2O2. The number of benzene rings is 2. The van der Waals surface area contributed by atoms with Crippen molar-refractivity contribution >= 4 is 17.5 Å². The van der Waals surface area contributed by atoms with Gasteiger partial charge in [-0.05, 0) is 42.7 Å². The van der Waals surface area contributed by atoms with Crippen LogP contribution >= 0.6 is 0 Å². The minimum Gasteiger partial charge on any atom is -0.334 e. The number of hydrogen-bond acceptors (Lipinski definition) is 2. The summed E-state index contributed by atoms with van der Waals surface area (Å²) in [5.74, 6) is -0.580. The van der Waals surface area contributed by atoms with Crippen LogP contribution in [-0.2, 0) is 11.3 Å². The average molecular weight is 397 g/mol. The molecule has 5 heteroatoms. The molecule has 0 saturated heterocycles. The highest BCUT2D eigenvalue weighted by Gasteiger charge is 2.21. The molecule has 0 aromatic heterocycles. The van der Waals surface area contributed by atoms with E-state index in [-0.39, 0.29) is 11.8 Å². The molecule has 1 aliphatic rings. The number of hydrogen-bond donors (Lipinski definition) is 0. The van der Waals surface area contributed by atoms with Crippen LogP contribution in [0.25, 0.3) is 0 Å². The number of halogens is 1. The predicted octanol–water partition coefficient (Wildman–Crippen LogP) is 5.18. The Balaban J connectivity index is 1.93. The van der Waals surface area contributed by atoms with E-state index in [0.29, 0.717) is 25.2 Å². The Morgan fingerprint density at radius 2 is 1.55 bits per heavy atom. The molecule has 0 fully saturated rings. The Bertz CT molecular complexity index is 852. The van der Waals surface area contributed by atoms with Gasteiger partial charge >= 0.3 is 0 Å². The number of rotatable bonds is 1. The van der Waals surface area contributed by atoms with E-state index in [1.54, 1.807) is 24.0 Å². The summed E-state index contributed by atoms with van der Waals surface area (Å²) >= 11 is 0. The summed E-state index contributed by atoms with van der Waals surface area (Å²) in [6.07, 6.45) is 6.29. The molecule has 2 aromatic carbocycles. The van der Waals surface area contributed by atoms with Crippen LogP contribution < -0.4 is 4.90 Å². The van der Waals surface area contributed by atoms with E-state index in [2.05, 4.69) is 0 Å². The van der Waals surface area contributed by atoms with Gasteiger partial charge in [-0.1, -0.05) is 49.9 Å². The van der Waals surface area contributed by atoms with Crippen molar-refractivity contribution in [2.45, 2.75) is 52.0 Å². The predicted molar refractivity (Wildman–Crippen MR) is 113 cm³/mol. The van der Waals surface area contributed by atoms with Gasteiger partial charge in [0.2, 0.25) is 5.91 Å². The van der Waals surface area contributed by atoms with Crippen LogP contribution in [0.15, 0.2) is 48.5 Å². The third kappa shape index (κ3) is 5.66. The van der Waals surface area contributed by atoms with Gasteiger partial charge in [0.1, 0.15) is 5.82 Å². The van der Waals surface area contributed by atoms with Crippen molar-refractivity contribution in [1.29, 1.82) is 0 Å². The van der Waals surface area contributed by atoms with E-state index < -0.39 is 5.82 Å². The van der Waals surface area contributed by atoms with Crippen molar-refractivity contribution < 1.29 is 14.0 Å². The van der Waals surface area contributed by atoms with Gasteiger partial charge in [-0.2, -0.15) is 0 Å². The van der Waals surface area contributed by atoms with Crippen molar-refractivity contribution in [3.05, 3.63) is 65.5 Å². The molecule has 3 rings (SSSR count). The number of anilines is 1. The van der Waals surface area contributed by atoms with Crippen LogP contribution in [0.4, 0.5) is 10.1 Å². The van der Waals surface area contributed by atoms with Crippen molar-refractivity contribution in [3.63, 3.8) is 0 Å². The maximum absolute atomic E-state index is 13.7. The van der Waals surface area contributed by atoms with E-state index in [1.165, 1.54) is 12.1 Å². The summed E-state index contributed by atoms with van der Waals surface area (Å²) in [5, 5.41) is 0. The number of carbonyl (C=O) groups is 2. The Kier molecular flexibility index (Phi) is 7.39. The molecule has 1 aliphatic heterocycles. The summed E-state index contributed by atoms with van der Waals surface area (Å²) in [7, 11) is 0. The molecule has 0 spiro atoms. The Labute approximate surface area is 172 Å². The van der Waals surface area contributed by atoms with Crippen LogP contribution in [0.1, 0.15) is 61.4 Å². The smallest absolute Gasteiger partial charge is 0.254 e. The third-order valence-electron chi connectivity index (χ3n) is 5.44. The lowest BCUT2D eigenvalue weighted by Crippen LogP contribution is -2.34. The molecule has 2 amide bonds. The summed E-state index contributed by atoms with van der Waals surface area (Å²) in [6.45, 7) is 3.29. The number of para-hydroxylation sites is 1. The quantitative estimate of drug-likeness (QED) is 0.667. The maximum atomic E-state index is 13.7. The highest BCUT2D eigenvalue weighted by molar-refractivity contribution is 5.95. The average Bonchev–Trinajstić information content (AvgIpc) is 2.73. The van der Waals surface area contributed by atoms with Crippen molar-refractivity contribution in [3.8, 4) is 0 Å². The Hall–Kier alpha value is -2.69. The third-order valence-corrected chi connectivity index (χ3v) is 5.44. The molecule has 0 aliphatic carbocycles. The normalized spacial score (nSPS) is 16.2. The largest absolute Gasteiger partial charge is 0.334 e. The van der Waals surface area contributed by atoms with Gasteiger partial charge in [0.25, 0.3) is 5.91 Å². The summed E-state index contributed by atoms with van der Waals surface area (Å²) in [4.78, 5) is 29.1. The SMILES string of the molecule is CC(=O)N1CCCCCCCCN(C(=O)c2cccc(F)c2)Cc2ccccc21. The number of carbonyl (C=O) groups excluding carboxylic acids is 2. The van der Waals surface area contributed by atoms with E-state index in [1.807, 2.05) is 29.2 Å². The molecule has 29 heavy (non-hydrogen) atoms.